The second kappa shape index (κ2) is 23.2. The van der Waals surface area contributed by atoms with Gasteiger partial charge in [-0.15, -0.1) is 0 Å². The Hall–Kier alpha value is -5.93. The summed E-state index contributed by atoms with van der Waals surface area (Å²) in [5.41, 5.74) is 2.40. The lowest BCUT2D eigenvalue weighted by atomic mass is 9.95. The van der Waals surface area contributed by atoms with E-state index in [1.165, 1.54) is 0 Å². The zero-order valence-electron chi connectivity index (χ0n) is 36.1. The Bertz CT molecular complexity index is 1970. The zero-order chi connectivity index (χ0) is 44.6. The highest BCUT2D eigenvalue weighted by Crippen LogP contribution is 2.20. The first-order valence-corrected chi connectivity index (χ1v) is 21.5. The van der Waals surface area contributed by atoms with Crippen LogP contribution in [0, 0.1) is 17.8 Å². The number of benzene rings is 2. The van der Waals surface area contributed by atoms with E-state index in [-0.39, 0.29) is 38.1 Å². The first kappa shape index (κ1) is 47.7. The summed E-state index contributed by atoms with van der Waals surface area (Å²) in [7, 11) is 0. The van der Waals surface area contributed by atoms with E-state index < -0.39 is 89.6 Å². The predicted molar refractivity (Wildman–Crippen MR) is 232 cm³/mol. The summed E-state index contributed by atoms with van der Waals surface area (Å²) >= 11 is 0. The maximum atomic E-state index is 14.4. The number of carboxylic acids is 1. The van der Waals surface area contributed by atoms with Crippen molar-refractivity contribution in [1.29, 1.82) is 0 Å². The summed E-state index contributed by atoms with van der Waals surface area (Å²) in [4.78, 5) is 99.2. The van der Waals surface area contributed by atoms with Gasteiger partial charge >= 0.3 is 12.0 Å². The number of fused-ring (bicyclic) bond motifs is 1. The molecule has 0 radical (unpaired) electrons. The number of rotatable bonds is 13. The van der Waals surface area contributed by atoms with Crippen LogP contribution in [0.3, 0.4) is 0 Å². The third-order valence-corrected chi connectivity index (χ3v) is 11.4. The minimum Gasteiger partial charge on any atom is -0.480 e. The van der Waals surface area contributed by atoms with Crippen LogP contribution in [0.5, 0.6) is 0 Å². The van der Waals surface area contributed by atoms with E-state index in [1.54, 1.807) is 27.0 Å². The number of aromatic amines is 1. The molecule has 2 aromatic carbocycles. The van der Waals surface area contributed by atoms with Gasteiger partial charge in [0, 0.05) is 36.5 Å². The van der Waals surface area contributed by atoms with Crippen molar-refractivity contribution in [3.05, 3.63) is 71.9 Å². The maximum Gasteiger partial charge on any atom is 0.326 e. The van der Waals surface area contributed by atoms with E-state index in [9.17, 15) is 38.7 Å². The standard InChI is InChI=1S/C45H64N8O8/c1-7-27(5)37-43(58)50-34(22-26(3)4)41(56)49-36(24-30-25-47-32-19-13-12-18-31(30)32)42(57)48-35(23-29-16-10-9-11-17-29)39(54)46-21-15-14-20-33(40(55)52-37)51-45(61)53-38(44(59)60)28(6)8-2/h9-13,16-19,25-28,33-38,47H,7-8,14-15,20-24H2,1-6H3,(H,46,54)(H,48,57)(H,49,56)(H,50,58)(H,52,55)(H,59,60)(H2,51,53,61)/t27?,28?,33?,34-,35-,36-,37+,38-/m0/s1. The van der Waals surface area contributed by atoms with Gasteiger partial charge in [-0.2, -0.15) is 0 Å². The van der Waals surface area contributed by atoms with Crippen molar-refractivity contribution in [2.24, 2.45) is 17.8 Å². The molecule has 8 atom stereocenters. The predicted octanol–water partition coefficient (Wildman–Crippen LogP) is 3.45. The quantitative estimate of drug-likeness (QED) is 0.123. The lowest BCUT2D eigenvalue weighted by Gasteiger charge is -2.30. The van der Waals surface area contributed by atoms with Gasteiger partial charge in [-0.3, -0.25) is 24.0 Å². The number of carbonyl (C=O) groups excluding carboxylic acids is 6. The number of para-hydroxylation sites is 1. The summed E-state index contributed by atoms with van der Waals surface area (Å²) < 4.78 is 0. The number of hydrogen-bond donors (Lipinski definition) is 9. The number of amides is 7. The summed E-state index contributed by atoms with van der Waals surface area (Å²) in [5, 5.41) is 30.1. The molecule has 0 bridgehead atoms. The van der Waals surface area contributed by atoms with Crippen LogP contribution >= 0.6 is 0 Å². The number of carbonyl (C=O) groups is 7. The Morgan fingerprint density at radius 2 is 1.38 bits per heavy atom. The van der Waals surface area contributed by atoms with E-state index >= 15 is 0 Å². The summed E-state index contributed by atoms with van der Waals surface area (Å²) in [6.07, 6.45) is 3.96. The molecular weight excluding hydrogens is 781 g/mol. The SMILES string of the molecule is CCC(C)[C@H](NC(=O)NC1CCCCNC(=O)[C@H](Cc2ccccc2)NC(=O)[C@H](Cc2c[nH]c3ccccc23)NC(=O)[C@H](CC(C)C)NC(=O)[C@@H](C(C)CC)NC1=O)C(=O)O. The van der Waals surface area contributed by atoms with Crippen molar-refractivity contribution in [1.82, 2.24) is 42.2 Å². The highest BCUT2D eigenvalue weighted by molar-refractivity contribution is 5.97. The number of urea groups is 1. The van der Waals surface area contributed by atoms with Crippen molar-refractivity contribution in [3.63, 3.8) is 0 Å². The number of carboxylic acid groups (broad SMARTS) is 1. The Labute approximate surface area is 357 Å². The van der Waals surface area contributed by atoms with Gasteiger partial charge in [0.2, 0.25) is 29.5 Å². The monoisotopic (exact) mass is 844 g/mol. The first-order valence-electron chi connectivity index (χ1n) is 21.5. The normalized spacial score (nSPS) is 22.8. The summed E-state index contributed by atoms with van der Waals surface area (Å²) in [6, 6.07) is 9.11. The smallest absolute Gasteiger partial charge is 0.326 e. The molecule has 1 aromatic heterocycles. The minimum atomic E-state index is -1.22. The Kier molecular flexibility index (Phi) is 18.1. The molecule has 0 saturated carbocycles. The molecule has 9 N–H and O–H groups in total. The molecule has 1 saturated heterocycles. The molecule has 7 amide bonds. The van der Waals surface area contributed by atoms with E-state index in [0.29, 0.717) is 25.7 Å². The Morgan fingerprint density at radius 3 is 2.03 bits per heavy atom. The van der Waals surface area contributed by atoms with Crippen LogP contribution in [0.2, 0.25) is 0 Å². The van der Waals surface area contributed by atoms with Gasteiger partial charge in [0.25, 0.3) is 0 Å². The van der Waals surface area contributed by atoms with Gasteiger partial charge in [-0.1, -0.05) is 103 Å². The molecule has 3 aromatic rings. The van der Waals surface area contributed by atoms with Crippen LogP contribution in [-0.4, -0.2) is 94.4 Å². The van der Waals surface area contributed by atoms with Gasteiger partial charge in [0.05, 0.1) is 0 Å². The minimum absolute atomic E-state index is 0.0711. The molecule has 16 heteroatoms. The number of nitrogens with one attached hydrogen (secondary N) is 8. The second-order valence-corrected chi connectivity index (χ2v) is 16.6. The van der Waals surface area contributed by atoms with Gasteiger partial charge < -0.3 is 47.3 Å². The summed E-state index contributed by atoms with van der Waals surface area (Å²) in [5.74, 6) is -5.06. The van der Waals surface area contributed by atoms with Crippen LogP contribution in [0.4, 0.5) is 4.79 Å². The zero-order valence-corrected chi connectivity index (χ0v) is 36.1. The molecule has 1 aliphatic rings. The van der Waals surface area contributed by atoms with E-state index in [0.717, 1.165) is 22.0 Å². The molecular formula is C45H64N8O8. The van der Waals surface area contributed by atoms with Crippen LogP contribution in [0.25, 0.3) is 10.9 Å². The van der Waals surface area contributed by atoms with Crippen molar-refractivity contribution in [2.45, 2.75) is 129 Å². The van der Waals surface area contributed by atoms with Crippen molar-refractivity contribution < 1.29 is 38.7 Å². The third kappa shape index (κ3) is 14.1. The first-order chi connectivity index (χ1) is 29.1. The van der Waals surface area contributed by atoms with Crippen molar-refractivity contribution >= 4 is 52.4 Å². The van der Waals surface area contributed by atoms with Crippen molar-refractivity contribution in [2.75, 3.05) is 6.54 Å². The molecule has 16 nitrogen and oxygen atoms in total. The molecule has 0 aliphatic carbocycles. The number of aromatic nitrogens is 1. The average Bonchev–Trinajstić information content (AvgIpc) is 3.64. The lowest BCUT2D eigenvalue weighted by molar-refractivity contribution is -0.140. The fourth-order valence-corrected chi connectivity index (χ4v) is 7.35. The molecule has 1 fully saturated rings. The molecule has 3 unspecified atom stereocenters. The summed E-state index contributed by atoms with van der Waals surface area (Å²) in [6.45, 7) is 11.1. The van der Waals surface area contributed by atoms with Gasteiger partial charge in [0.1, 0.15) is 36.3 Å². The highest BCUT2D eigenvalue weighted by Gasteiger charge is 2.35. The number of hydrogen-bond acceptors (Lipinski definition) is 7. The van der Waals surface area contributed by atoms with E-state index in [4.69, 9.17) is 0 Å². The van der Waals surface area contributed by atoms with Gasteiger partial charge in [-0.25, -0.2) is 9.59 Å². The fraction of sp³-hybridized carbons (Fsp3) is 0.533. The van der Waals surface area contributed by atoms with E-state index in [2.05, 4.69) is 42.2 Å². The second-order valence-electron chi connectivity index (χ2n) is 16.6. The Balaban J connectivity index is 1.71. The third-order valence-electron chi connectivity index (χ3n) is 11.4. The Morgan fingerprint density at radius 1 is 0.738 bits per heavy atom. The van der Waals surface area contributed by atoms with Crippen LogP contribution in [0.15, 0.2) is 60.8 Å². The van der Waals surface area contributed by atoms with E-state index in [1.807, 2.05) is 75.4 Å². The molecule has 61 heavy (non-hydrogen) atoms. The molecule has 332 valence electrons. The highest BCUT2D eigenvalue weighted by atomic mass is 16.4. The molecule has 1 aliphatic heterocycles. The maximum absolute atomic E-state index is 14.4. The van der Waals surface area contributed by atoms with Gasteiger partial charge in [0.15, 0.2) is 0 Å². The fourth-order valence-electron chi connectivity index (χ4n) is 7.35. The van der Waals surface area contributed by atoms with Crippen LogP contribution in [0.1, 0.15) is 91.2 Å². The molecule has 2 heterocycles. The number of aliphatic carboxylic acids is 1. The molecule has 0 spiro atoms. The topological polar surface area (TPSA) is 240 Å². The van der Waals surface area contributed by atoms with Crippen LogP contribution in [-0.2, 0) is 41.6 Å². The largest absolute Gasteiger partial charge is 0.480 e. The van der Waals surface area contributed by atoms with Crippen molar-refractivity contribution in [3.8, 4) is 0 Å². The average molecular weight is 845 g/mol. The molecule has 4 rings (SSSR count). The number of H-pyrrole nitrogens is 1. The van der Waals surface area contributed by atoms with Gasteiger partial charge in [-0.05, 0) is 60.6 Å². The van der Waals surface area contributed by atoms with Crippen LogP contribution < -0.4 is 37.2 Å². The lowest BCUT2D eigenvalue weighted by Crippen LogP contribution is -2.61.